The zero-order valence-electron chi connectivity index (χ0n) is 19.9. The molecule has 0 aliphatic rings. The minimum atomic E-state index is -6.00. The summed E-state index contributed by atoms with van der Waals surface area (Å²) in [7, 11) is -6.00. The van der Waals surface area contributed by atoms with Crippen LogP contribution in [0.3, 0.4) is 0 Å². The maximum absolute atomic E-state index is 11.5. The molecular formula is C29H21BF4N2O2. The molecule has 0 amide bonds. The number of aromatic nitrogens is 1. The molecule has 1 heterocycles. The molecule has 0 saturated carbocycles. The fourth-order valence-electron chi connectivity index (χ4n) is 4.06. The molecule has 0 aliphatic carbocycles. The third-order valence-electron chi connectivity index (χ3n) is 5.61. The molecule has 9 heteroatoms. The van der Waals surface area contributed by atoms with Gasteiger partial charge in [0.2, 0.25) is 17.1 Å². The summed E-state index contributed by atoms with van der Waals surface area (Å²) in [5.74, 6) is 0. The normalized spacial score (nSPS) is 10.8. The summed E-state index contributed by atoms with van der Waals surface area (Å²) in [6.07, 6.45) is 0. The smallest absolute Gasteiger partial charge is 0.418 e. The van der Waals surface area contributed by atoms with Crippen molar-refractivity contribution in [1.82, 2.24) is 0 Å². The van der Waals surface area contributed by atoms with Crippen LogP contribution in [0.25, 0.3) is 39.3 Å². The van der Waals surface area contributed by atoms with Crippen molar-refractivity contribution < 1.29 is 26.8 Å². The van der Waals surface area contributed by atoms with Gasteiger partial charge in [-0.25, -0.2) is 0 Å². The van der Waals surface area contributed by atoms with E-state index in [0.29, 0.717) is 0 Å². The number of nitrogens with zero attached hydrogens (tertiary/aromatic N) is 2. The Balaban J connectivity index is 0.000000617. The van der Waals surface area contributed by atoms with E-state index < -0.39 is 7.25 Å². The highest BCUT2D eigenvalue weighted by Crippen LogP contribution is 2.31. The van der Waals surface area contributed by atoms with Crippen LogP contribution in [0.1, 0.15) is 0 Å². The SMILES string of the molecule is F[B-](F)(F)F.O=[N+]([O-])c1cccc(-[n+]2c(-c3ccccc3)cc(-c3ccccc3)cc2-c2ccccc2)c1. The van der Waals surface area contributed by atoms with E-state index in [2.05, 4.69) is 53.1 Å². The molecule has 0 saturated heterocycles. The number of halogens is 4. The Morgan fingerprint density at radius 2 is 0.974 bits per heavy atom. The van der Waals surface area contributed by atoms with Crippen molar-refractivity contribution in [3.8, 4) is 39.3 Å². The topological polar surface area (TPSA) is 47.0 Å². The van der Waals surface area contributed by atoms with Gasteiger partial charge < -0.3 is 17.3 Å². The molecule has 5 aromatic rings. The van der Waals surface area contributed by atoms with Crippen LogP contribution < -0.4 is 4.57 Å². The van der Waals surface area contributed by atoms with Gasteiger partial charge in [0.25, 0.3) is 5.69 Å². The average Bonchev–Trinajstić information content (AvgIpc) is 2.93. The minimum absolute atomic E-state index is 0.0603. The van der Waals surface area contributed by atoms with E-state index in [1.165, 1.54) is 6.07 Å². The monoisotopic (exact) mass is 516 g/mol. The van der Waals surface area contributed by atoms with Crippen molar-refractivity contribution in [2.45, 2.75) is 0 Å². The number of hydrogen-bond acceptors (Lipinski definition) is 2. The van der Waals surface area contributed by atoms with E-state index >= 15 is 0 Å². The molecule has 0 atom stereocenters. The molecule has 1 aromatic heterocycles. The lowest BCUT2D eigenvalue weighted by atomic mass is 9.98. The highest BCUT2D eigenvalue weighted by Gasteiger charge is 2.26. The fourth-order valence-corrected chi connectivity index (χ4v) is 4.06. The summed E-state index contributed by atoms with van der Waals surface area (Å²) in [5.41, 5.74) is 6.95. The number of non-ortho nitro benzene ring substituents is 1. The number of benzene rings is 4. The van der Waals surface area contributed by atoms with Crippen LogP contribution in [0.2, 0.25) is 0 Å². The Bertz CT molecular complexity index is 1460. The lowest BCUT2D eigenvalue weighted by Crippen LogP contribution is -2.36. The van der Waals surface area contributed by atoms with Crippen molar-refractivity contribution in [3.05, 3.63) is 138 Å². The molecule has 0 N–H and O–H groups in total. The Hall–Kier alpha value is -4.79. The first kappa shape index (κ1) is 26.3. The molecule has 38 heavy (non-hydrogen) atoms. The van der Waals surface area contributed by atoms with Crippen LogP contribution in [0.5, 0.6) is 0 Å². The highest BCUT2D eigenvalue weighted by atomic mass is 19.5. The van der Waals surface area contributed by atoms with E-state index in [1.54, 1.807) is 12.1 Å². The summed E-state index contributed by atoms with van der Waals surface area (Å²) >= 11 is 0. The van der Waals surface area contributed by atoms with Gasteiger partial charge in [0.1, 0.15) is 0 Å². The average molecular weight is 516 g/mol. The first-order chi connectivity index (χ1) is 18.2. The van der Waals surface area contributed by atoms with Gasteiger partial charge in [0.05, 0.1) is 11.0 Å². The Morgan fingerprint density at radius 1 is 0.553 bits per heavy atom. The Morgan fingerprint density at radius 3 is 1.39 bits per heavy atom. The van der Waals surface area contributed by atoms with Gasteiger partial charge in [-0.2, -0.15) is 4.57 Å². The molecule has 4 aromatic carbocycles. The van der Waals surface area contributed by atoms with Crippen LogP contribution in [-0.2, 0) is 0 Å². The first-order valence-electron chi connectivity index (χ1n) is 11.6. The van der Waals surface area contributed by atoms with Crippen LogP contribution >= 0.6 is 0 Å². The lowest BCUT2D eigenvalue weighted by Gasteiger charge is -2.12. The number of hydrogen-bond donors (Lipinski definition) is 0. The fraction of sp³-hybridized carbons (Fsp3) is 0. The number of nitro groups is 1. The van der Waals surface area contributed by atoms with Crippen LogP contribution in [0, 0.1) is 10.1 Å². The first-order valence-corrected chi connectivity index (χ1v) is 11.6. The largest absolute Gasteiger partial charge is 0.673 e. The summed E-state index contributed by atoms with van der Waals surface area (Å²) in [4.78, 5) is 11.2. The zero-order valence-corrected chi connectivity index (χ0v) is 19.9. The predicted molar refractivity (Wildman–Crippen MR) is 141 cm³/mol. The Kier molecular flexibility index (Phi) is 7.96. The summed E-state index contributed by atoms with van der Waals surface area (Å²) < 4.78 is 41.1. The Labute approximate surface area is 216 Å². The van der Waals surface area contributed by atoms with Crippen LogP contribution in [-0.4, -0.2) is 12.2 Å². The second-order valence-corrected chi connectivity index (χ2v) is 8.22. The second-order valence-electron chi connectivity index (χ2n) is 8.22. The van der Waals surface area contributed by atoms with Gasteiger partial charge in [0, 0.05) is 35.4 Å². The highest BCUT2D eigenvalue weighted by molar-refractivity contribution is 6.50. The molecule has 0 aliphatic heterocycles. The van der Waals surface area contributed by atoms with E-state index in [0.717, 1.165) is 39.3 Å². The molecular weight excluding hydrogens is 495 g/mol. The van der Waals surface area contributed by atoms with E-state index in [-0.39, 0.29) is 10.6 Å². The van der Waals surface area contributed by atoms with Gasteiger partial charge in [-0.3, -0.25) is 10.1 Å². The molecule has 0 fully saturated rings. The van der Waals surface area contributed by atoms with E-state index in [9.17, 15) is 27.4 Å². The zero-order chi connectivity index (χ0) is 27.1. The number of nitro benzene ring substituents is 1. The summed E-state index contributed by atoms with van der Waals surface area (Å²) in [5, 5.41) is 11.5. The van der Waals surface area contributed by atoms with Crippen LogP contribution in [0.4, 0.5) is 23.0 Å². The molecule has 5 rings (SSSR count). The number of pyridine rings is 1. The molecule has 0 bridgehead atoms. The third-order valence-corrected chi connectivity index (χ3v) is 5.61. The molecule has 0 spiro atoms. The van der Waals surface area contributed by atoms with Gasteiger partial charge in [-0.05, 0) is 41.5 Å². The molecule has 0 radical (unpaired) electrons. The van der Waals surface area contributed by atoms with Crippen molar-refractivity contribution in [2.24, 2.45) is 0 Å². The maximum atomic E-state index is 11.5. The van der Waals surface area contributed by atoms with E-state index in [4.69, 9.17) is 0 Å². The van der Waals surface area contributed by atoms with Gasteiger partial charge >= 0.3 is 7.25 Å². The number of rotatable bonds is 5. The maximum Gasteiger partial charge on any atom is 0.673 e. The van der Waals surface area contributed by atoms with Crippen LogP contribution in [0.15, 0.2) is 127 Å². The quantitative estimate of drug-likeness (QED) is 0.0778. The van der Waals surface area contributed by atoms with Crippen molar-refractivity contribution in [2.75, 3.05) is 0 Å². The minimum Gasteiger partial charge on any atom is -0.418 e. The van der Waals surface area contributed by atoms with Crippen molar-refractivity contribution >= 4 is 12.9 Å². The predicted octanol–water partition coefficient (Wildman–Crippen LogP) is 8.17. The molecule has 0 unspecified atom stereocenters. The summed E-state index contributed by atoms with van der Waals surface area (Å²) in [6.45, 7) is 0. The third kappa shape index (κ3) is 6.70. The van der Waals surface area contributed by atoms with Crippen molar-refractivity contribution in [1.29, 1.82) is 0 Å². The van der Waals surface area contributed by atoms with Gasteiger partial charge in [0.15, 0.2) is 0 Å². The molecule has 190 valence electrons. The van der Waals surface area contributed by atoms with Gasteiger partial charge in [-0.1, -0.05) is 66.7 Å². The second kappa shape index (κ2) is 11.5. The van der Waals surface area contributed by atoms with Gasteiger partial charge in [-0.15, -0.1) is 0 Å². The van der Waals surface area contributed by atoms with E-state index in [1.807, 2.05) is 60.7 Å². The summed E-state index contributed by atoms with van der Waals surface area (Å²) in [6, 6.07) is 41.6. The van der Waals surface area contributed by atoms with Crippen molar-refractivity contribution in [3.63, 3.8) is 0 Å². The molecule has 4 nitrogen and oxygen atoms in total. The standard InChI is InChI=1S/C29H21N2O2.BF4/c32-31(33)27-18-10-17-26(21-27)30-28(23-13-6-2-7-14-23)19-25(22-11-4-1-5-12-22)20-29(30)24-15-8-3-9-16-24;2-1(3,4)5/h1-21H;/q+1;-1. The lowest BCUT2D eigenvalue weighted by molar-refractivity contribution is -0.572.